The summed E-state index contributed by atoms with van der Waals surface area (Å²) in [5.41, 5.74) is 1.44. The number of esters is 2. The molecule has 5 aliphatic carbocycles. The van der Waals surface area contributed by atoms with E-state index in [0.29, 0.717) is 103 Å². The number of oxime groups is 1. The number of nitrogens with zero attached hydrogens (tertiary/aromatic N) is 6. The van der Waals surface area contributed by atoms with Gasteiger partial charge in [0.1, 0.15) is 84.9 Å². The van der Waals surface area contributed by atoms with Crippen LogP contribution in [0.1, 0.15) is 249 Å². The van der Waals surface area contributed by atoms with Crippen molar-refractivity contribution in [3.8, 4) is 45.0 Å². The van der Waals surface area contributed by atoms with Crippen LogP contribution in [0.3, 0.4) is 0 Å². The molecule has 0 saturated heterocycles. The first-order chi connectivity index (χ1) is 64.3. The fraction of sp³-hybridized carbons (Fsp3) is 0.429. The molecule has 0 bridgehead atoms. The van der Waals surface area contributed by atoms with E-state index in [2.05, 4.69) is 41.7 Å². The van der Waals surface area contributed by atoms with Crippen LogP contribution < -0.4 is 21.7 Å². The van der Waals surface area contributed by atoms with Crippen LogP contribution in [-0.2, 0) is 55.4 Å². The van der Waals surface area contributed by atoms with Gasteiger partial charge in [-0.3, -0.25) is 14.5 Å². The Balaban J connectivity index is 0.000000208. The molecular weight excluding hydrogens is 2150 g/mol. The zero-order valence-corrected chi connectivity index (χ0v) is 88.7. The van der Waals surface area contributed by atoms with Gasteiger partial charge in [-0.05, 0) is 247 Å². The number of carbonyl (C=O) groups is 9. The van der Waals surface area contributed by atoms with Crippen LogP contribution in [0.5, 0.6) is 0 Å². The Bertz CT molecular complexity index is 6000. The maximum Gasteiger partial charge on any atom is 0.408 e. The van der Waals surface area contributed by atoms with E-state index in [1.807, 2.05) is 19.0 Å². The molecule has 9 N–H and O–H groups in total. The number of ketones is 1. The van der Waals surface area contributed by atoms with Gasteiger partial charge in [0.25, 0.3) is 0 Å². The van der Waals surface area contributed by atoms with Crippen LogP contribution in [0.4, 0.5) is 14.4 Å². The van der Waals surface area contributed by atoms with Crippen molar-refractivity contribution >= 4 is 247 Å². The van der Waals surface area contributed by atoms with Crippen LogP contribution in [-0.4, -0.2) is 156 Å². The molecule has 5 aromatic carbocycles. The molecular formula is C91H96Cl16N10O22. The number of hydrogen-bond acceptors (Lipinski definition) is 26. The minimum Gasteiger partial charge on any atom is -0.477 e. The van der Waals surface area contributed by atoms with Crippen molar-refractivity contribution in [3.05, 3.63) is 187 Å². The minimum atomic E-state index is -1.28. The summed E-state index contributed by atoms with van der Waals surface area (Å²) in [6.07, 6.45) is 9.22. The summed E-state index contributed by atoms with van der Waals surface area (Å²) in [4.78, 5) is 111. The van der Waals surface area contributed by atoms with Gasteiger partial charge in [0.15, 0.2) is 28.8 Å². The van der Waals surface area contributed by atoms with Gasteiger partial charge < -0.3 is 84.0 Å². The number of hydrogen-bond donors (Lipinski definition) is 8. The van der Waals surface area contributed by atoms with Crippen molar-refractivity contribution in [1.29, 1.82) is 0 Å². The number of carboxylic acid groups (broad SMARTS) is 3. The standard InChI is InChI=1S/C21H23Cl3N2O5.C19H19Cl3N2O5.C16H15Cl3N2O3.C14H11Cl3N2O3.C14H23NO5.C7H4Cl3NO.ClH/c1-5-29-18(27)15-16(14-12(23)9-11(22)10-13(14)24)26-31-17(15)21(7-6-8-21)25-19(28)30-20(2,3)4;1-18(2,3)28-17(27)23-19(5-4-6-19)15-13(16(25)26)14(24-29-15)12-10(21)7-9(20)8-11(12)22;1-21(2)16(4-3-5-16)14-12(15(22)23)13(20-24-14)11-9(18)6-8(17)7-10(11)19;15-6-4-7(16)9(8(17)5-6)11-10(13(20)21)12(22-19-11)14(18)2-1-3-14;1-5-19-11(17)9-10(16)14(7-6-8-14)15-12(18)20-13(2,3)4;8-4-1-6(9)5(3-11-12)7(10)2-4;/h9-10H,5-8H2,1-4H3,(H,25,28);7-8H,4-6H2,1-3H3,(H,23,27)(H,25,26);6-7H,3-5H2,1-2H3,(H,22,23);4-5H,1-3,18H2,(H,20,21);5-9H2,1-4H3,(H,15,18);1-3,12H;1H/b;;;;;11-3+;. The van der Waals surface area contributed by atoms with Gasteiger partial charge in [-0.1, -0.05) is 200 Å². The first-order valence-corrected chi connectivity index (χ1v) is 48.0. The molecule has 0 radical (unpaired) electrons. The number of Topliss-reactive ketones (excluding diaryl/α,β-unsaturated/α-hetero) is 1. The van der Waals surface area contributed by atoms with Crippen LogP contribution in [0.2, 0.25) is 75.3 Å². The molecule has 32 nitrogen and oxygen atoms in total. The molecule has 5 fully saturated rings. The fourth-order valence-corrected chi connectivity index (χ4v) is 19.9. The van der Waals surface area contributed by atoms with E-state index in [4.69, 9.17) is 227 Å². The largest absolute Gasteiger partial charge is 0.477 e. The zero-order valence-electron chi connectivity index (χ0n) is 76.6. The number of alkyl carbamates (subject to hydrolysis) is 3. The van der Waals surface area contributed by atoms with E-state index in [9.17, 15) is 58.5 Å². The average molecular weight is 2250 g/mol. The van der Waals surface area contributed by atoms with Gasteiger partial charge in [-0.15, -0.1) is 12.4 Å². The van der Waals surface area contributed by atoms with E-state index in [1.54, 1.807) is 76.2 Å². The second-order valence-corrected chi connectivity index (χ2v) is 41.7. The van der Waals surface area contributed by atoms with E-state index < -0.39 is 92.6 Å². The topological polar surface area (TPSA) is 463 Å². The molecule has 754 valence electrons. The number of ether oxygens (including phenoxy) is 5. The Morgan fingerprint density at radius 2 is 0.698 bits per heavy atom. The second-order valence-electron chi connectivity index (χ2n) is 35.5. The maximum atomic E-state index is 12.9. The highest BCUT2D eigenvalue weighted by Gasteiger charge is 2.53. The summed E-state index contributed by atoms with van der Waals surface area (Å²) < 4.78 is 47.7. The van der Waals surface area contributed by atoms with Crippen molar-refractivity contribution < 1.29 is 105 Å². The zero-order chi connectivity index (χ0) is 103. The third-order valence-electron chi connectivity index (χ3n) is 22.1. The molecule has 48 heteroatoms. The summed E-state index contributed by atoms with van der Waals surface area (Å²) in [7, 11) is 3.80. The van der Waals surface area contributed by atoms with Crippen molar-refractivity contribution in [2.75, 3.05) is 27.3 Å². The quantitative estimate of drug-likeness (QED) is 0.00780. The predicted octanol–water partition coefficient (Wildman–Crippen LogP) is 27.4. The van der Waals surface area contributed by atoms with Crippen LogP contribution in [0, 0.1) is 0 Å². The van der Waals surface area contributed by atoms with E-state index in [-0.39, 0.29) is 157 Å². The third-order valence-corrected chi connectivity index (χ3v) is 26.2. The third kappa shape index (κ3) is 28.1. The molecule has 4 aromatic heterocycles. The Hall–Kier alpha value is -8.20. The Kier molecular flexibility index (Phi) is 40.1. The highest BCUT2D eigenvalue weighted by atomic mass is 35.5. The normalized spacial score (nSPS) is 15.4. The highest BCUT2D eigenvalue weighted by Crippen LogP contribution is 2.54. The molecule has 0 unspecified atom stereocenters. The Morgan fingerprint density at radius 1 is 0.417 bits per heavy atom. The van der Waals surface area contributed by atoms with Gasteiger partial charge in [0, 0.05) is 52.9 Å². The van der Waals surface area contributed by atoms with E-state index >= 15 is 0 Å². The van der Waals surface area contributed by atoms with Crippen molar-refractivity contribution in [1.82, 2.24) is 41.5 Å². The molecule has 5 aliphatic rings. The number of rotatable bonds is 22. The van der Waals surface area contributed by atoms with Gasteiger partial charge in [-0.2, -0.15) is 0 Å². The van der Waals surface area contributed by atoms with Crippen LogP contribution in [0.15, 0.2) is 83.9 Å². The van der Waals surface area contributed by atoms with Gasteiger partial charge >= 0.3 is 48.1 Å². The lowest BCUT2D eigenvalue weighted by atomic mass is 9.72. The van der Waals surface area contributed by atoms with Crippen molar-refractivity contribution in [3.63, 3.8) is 0 Å². The number of nitrogens with one attached hydrogen (secondary N) is 3. The fourth-order valence-electron chi connectivity index (χ4n) is 15.0. The van der Waals surface area contributed by atoms with E-state index in [0.717, 1.165) is 51.2 Å². The van der Waals surface area contributed by atoms with Crippen LogP contribution >= 0.6 is 186 Å². The number of halogens is 16. The molecule has 9 aromatic rings. The monoisotopic (exact) mass is 2240 g/mol. The number of aromatic carboxylic acids is 3. The molecule has 139 heavy (non-hydrogen) atoms. The average Bonchev–Trinajstić information content (AvgIpc) is 1.63. The number of aromatic nitrogens is 4. The highest BCUT2D eigenvalue weighted by molar-refractivity contribution is 6.45. The molecule has 4 heterocycles. The molecule has 0 aliphatic heterocycles. The molecule has 0 spiro atoms. The first-order valence-electron chi connectivity index (χ1n) is 42.3. The van der Waals surface area contributed by atoms with E-state index in [1.165, 1.54) is 60.7 Å². The number of carboxylic acids is 3. The number of carbonyl (C=O) groups excluding carboxylic acids is 6. The predicted molar refractivity (Wildman–Crippen MR) is 534 cm³/mol. The Labute approximate surface area is 879 Å². The molecule has 5 saturated carbocycles. The lowest BCUT2D eigenvalue weighted by Crippen LogP contribution is -2.60. The molecule has 14 rings (SSSR count). The number of nitrogens with two attached hydrogens (primary N) is 1. The second kappa shape index (κ2) is 48.0. The van der Waals surface area contributed by atoms with Gasteiger partial charge in [0.05, 0.1) is 80.7 Å². The van der Waals surface area contributed by atoms with Gasteiger partial charge in [0.2, 0.25) is 0 Å². The SMILES string of the molecule is CC(C)(C)OC(=O)NC1(c2onc(-c3c(Cl)cc(Cl)cc3Cl)c2C(=O)O)CCC1.CCOC(=O)CC(=O)C1(NC(=O)OC(C)(C)C)CCC1.CCOC(=O)c1c(-c2c(Cl)cc(Cl)cc2Cl)noc1C1(NC(=O)OC(C)(C)C)CCC1.CN(C)C1(c2onc(-c3c(Cl)cc(Cl)cc3Cl)c2C(=O)O)CCC1.Cl.NC1(c2onc(-c3c(Cl)cc(Cl)cc3Cl)c2C(=O)O)CCC1.O/N=C/c1c(Cl)cc(Cl)cc1Cl. The summed E-state index contributed by atoms with van der Waals surface area (Å²) >= 11 is 90.8. The molecule has 3 amide bonds. The summed E-state index contributed by atoms with van der Waals surface area (Å²) in [5.74, 6) is -4.43. The maximum absolute atomic E-state index is 12.9. The Morgan fingerprint density at radius 3 is 0.964 bits per heavy atom. The van der Waals surface area contributed by atoms with Crippen molar-refractivity contribution in [2.45, 2.75) is 223 Å². The smallest absolute Gasteiger partial charge is 0.408 e. The molecule has 0 atom stereocenters. The first kappa shape index (κ1) is 116. The van der Waals surface area contributed by atoms with Gasteiger partial charge in [-0.25, -0.2) is 33.6 Å². The summed E-state index contributed by atoms with van der Waals surface area (Å²) in [5, 5.41) is 68.4. The lowest BCUT2D eigenvalue weighted by molar-refractivity contribution is -0.148. The number of benzene rings is 5. The summed E-state index contributed by atoms with van der Waals surface area (Å²) in [6.45, 7) is 19.5. The lowest BCUT2D eigenvalue weighted by Gasteiger charge is -2.45. The number of amides is 3. The summed E-state index contributed by atoms with van der Waals surface area (Å²) in [6, 6.07) is 14.8. The van der Waals surface area contributed by atoms with Crippen molar-refractivity contribution in [2.24, 2.45) is 10.9 Å². The minimum absolute atomic E-state index is 0. The van der Waals surface area contributed by atoms with Crippen LogP contribution in [0.25, 0.3) is 45.0 Å².